The summed E-state index contributed by atoms with van der Waals surface area (Å²) in [6.07, 6.45) is -0.246. The van der Waals surface area contributed by atoms with Gasteiger partial charge < -0.3 is 19.5 Å². The van der Waals surface area contributed by atoms with E-state index in [9.17, 15) is 0 Å². The molecule has 260 valence electrons. The minimum atomic E-state index is -0.246. The molecule has 0 saturated carbocycles. The molecule has 1 unspecified atom stereocenters. The van der Waals surface area contributed by atoms with Crippen molar-refractivity contribution in [1.29, 1.82) is 0 Å². The number of para-hydroxylation sites is 2. The molecule has 1 aromatic heterocycles. The van der Waals surface area contributed by atoms with Gasteiger partial charge >= 0.3 is 0 Å². The lowest BCUT2D eigenvalue weighted by Crippen LogP contribution is -2.10. The fourth-order valence-corrected chi connectivity index (χ4v) is 8.40. The van der Waals surface area contributed by atoms with Crippen molar-refractivity contribution in [3.05, 3.63) is 206 Å². The number of nitrogens with one attached hydrogen (secondary N) is 1. The quantitative estimate of drug-likeness (QED) is 0.175. The van der Waals surface area contributed by atoms with Crippen molar-refractivity contribution in [3.63, 3.8) is 0 Å². The van der Waals surface area contributed by atoms with Crippen LogP contribution >= 0.6 is 0 Å². The molecular weight excluding hydrogens is 671 g/mol. The van der Waals surface area contributed by atoms with E-state index < -0.39 is 0 Å². The van der Waals surface area contributed by atoms with Crippen LogP contribution in [0.3, 0.4) is 0 Å². The predicted octanol–water partition coefficient (Wildman–Crippen LogP) is 13.7. The van der Waals surface area contributed by atoms with Crippen molar-refractivity contribution < 1.29 is 4.74 Å². The van der Waals surface area contributed by atoms with Crippen LogP contribution in [0.2, 0.25) is 0 Å². The van der Waals surface area contributed by atoms with Crippen LogP contribution in [0, 0.1) is 0 Å². The number of anilines is 4. The van der Waals surface area contributed by atoms with E-state index in [0.29, 0.717) is 0 Å². The van der Waals surface area contributed by atoms with Gasteiger partial charge in [0, 0.05) is 44.5 Å². The summed E-state index contributed by atoms with van der Waals surface area (Å²) in [5.41, 5.74) is 11.3. The summed E-state index contributed by atoms with van der Waals surface area (Å²) in [5, 5.41) is 10.8. The van der Waals surface area contributed by atoms with E-state index in [2.05, 4.69) is 209 Å². The van der Waals surface area contributed by atoms with Gasteiger partial charge in [-0.2, -0.15) is 0 Å². The molecular formula is C51H35N3O. The molecule has 0 aliphatic carbocycles. The first-order valence-electron chi connectivity index (χ1n) is 18.8. The minimum absolute atomic E-state index is 0.246. The molecule has 4 nitrogen and oxygen atoms in total. The summed E-state index contributed by atoms with van der Waals surface area (Å²) < 4.78 is 8.87. The molecule has 2 heterocycles. The molecule has 1 N–H and O–H groups in total. The van der Waals surface area contributed by atoms with Crippen LogP contribution < -0.4 is 15.0 Å². The van der Waals surface area contributed by atoms with E-state index in [1.807, 2.05) is 6.07 Å². The molecule has 1 atom stereocenters. The van der Waals surface area contributed by atoms with Crippen LogP contribution in [-0.4, -0.2) is 4.57 Å². The van der Waals surface area contributed by atoms with Crippen LogP contribution in [0.5, 0.6) is 5.75 Å². The summed E-state index contributed by atoms with van der Waals surface area (Å²) in [6, 6.07) is 71.7. The fourth-order valence-electron chi connectivity index (χ4n) is 8.40. The Morgan fingerprint density at radius 2 is 1.04 bits per heavy atom. The zero-order chi connectivity index (χ0) is 36.3. The monoisotopic (exact) mass is 705 g/mol. The van der Waals surface area contributed by atoms with Crippen molar-refractivity contribution in [2.24, 2.45) is 0 Å². The molecule has 0 radical (unpaired) electrons. The zero-order valence-corrected chi connectivity index (χ0v) is 29.9. The van der Waals surface area contributed by atoms with Gasteiger partial charge in [0.15, 0.2) is 6.23 Å². The highest BCUT2D eigenvalue weighted by Gasteiger charge is 2.26. The van der Waals surface area contributed by atoms with Crippen LogP contribution in [0.1, 0.15) is 11.8 Å². The van der Waals surface area contributed by atoms with E-state index in [-0.39, 0.29) is 6.23 Å². The lowest BCUT2D eigenvalue weighted by atomic mass is 9.98. The topological polar surface area (TPSA) is 29.4 Å². The third-order valence-corrected chi connectivity index (χ3v) is 11.0. The lowest BCUT2D eigenvalue weighted by Gasteiger charge is -2.26. The normalized spacial score (nSPS) is 13.6. The summed E-state index contributed by atoms with van der Waals surface area (Å²) in [5.74, 6) is 0.868. The second-order valence-corrected chi connectivity index (χ2v) is 14.2. The van der Waals surface area contributed by atoms with Gasteiger partial charge in [-0.05, 0) is 94.0 Å². The Labute approximate surface area is 319 Å². The summed E-state index contributed by atoms with van der Waals surface area (Å²) in [7, 11) is 0. The van der Waals surface area contributed by atoms with Gasteiger partial charge in [0.05, 0.1) is 16.7 Å². The lowest BCUT2D eigenvalue weighted by molar-refractivity contribution is 0.260. The number of fused-ring (bicyclic) bond motifs is 8. The number of hydrogen-bond acceptors (Lipinski definition) is 3. The molecule has 9 aromatic carbocycles. The van der Waals surface area contributed by atoms with E-state index in [0.717, 1.165) is 45.1 Å². The molecule has 1 aliphatic rings. The first kappa shape index (κ1) is 31.2. The summed E-state index contributed by atoms with van der Waals surface area (Å²) >= 11 is 0. The molecule has 1 aliphatic heterocycles. The molecule has 0 bridgehead atoms. The molecule has 4 heteroatoms. The molecule has 0 amide bonds. The first-order chi connectivity index (χ1) is 27.3. The SMILES string of the molecule is c1ccc(-c2ccc(N(c3ccc4ccc5ccc6c(c5c4c3)NC(c3ccccc3)O6)c3ccc4c(c3)c3ccccc3n4-c3ccccc3)cc2)cc1. The van der Waals surface area contributed by atoms with E-state index in [1.54, 1.807) is 0 Å². The summed E-state index contributed by atoms with van der Waals surface area (Å²) in [4.78, 5) is 2.39. The fraction of sp³-hybridized carbons (Fsp3) is 0.0196. The average molecular weight is 706 g/mol. The maximum Gasteiger partial charge on any atom is 0.196 e. The second kappa shape index (κ2) is 12.7. The number of ether oxygens (including phenoxy) is 1. The van der Waals surface area contributed by atoms with E-state index >= 15 is 0 Å². The van der Waals surface area contributed by atoms with Crippen molar-refractivity contribution in [2.45, 2.75) is 6.23 Å². The van der Waals surface area contributed by atoms with Crippen LogP contribution in [0.4, 0.5) is 22.7 Å². The highest BCUT2D eigenvalue weighted by molar-refractivity contribution is 6.16. The highest BCUT2D eigenvalue weighted by Crippen LogP contribution is 2.47. The predicted molar refractivity (Wildman–Crippen MR) is 229 cm³/mol. The number of aromatic nitrogens is 1. The number of benzene rings is 9. The molecule has 11 rings (SSSR count). The van der Waals surface area contributed by atoms with Crippen LogP contribution in [-0.2, 0) is 0 Å². The van der Waals surface area contributed by atoms with Gasteiger partial charge in [-0.1, -0.05) is 133 Å². The van der Waals surface area contributed by atoms with Crippen molar-refractivity contribution in [1.82, 2.24) is 4.57 Å². The maximum absolute atomic E-state index is 6.50. The Balaban J connectivity index is 1.11. The Morgan fingerprint density at radius 3 is 1.84 bits per heavy atom. The standard InChI is InChI=1S/C51H35N3O/c1-4-12-34(13-5-1)35-22-26-40(27-23-35)53(42-29-30-47-45(33-42)43-18-10-11-19-46(43)54(47)39-16-8-3-9-17-39)41-28-24-36-20-21-37-25-31-48-50(49(37)44(36)32-41)52-51(55-48)38-14-6-2-7-15-38/h1-33,51-52H. The van der Waals surface area contributed by atoms with Gasteiger partial charge in [0.2, 0.25) is 0 Å². The van der Waals surface area contributed by atoms with Crippen LogP contribution in [0.15, 0.2) is 200 Å². The van der Waals surface area contributed by atoms with Gasteiger partial charge in [0.1, 0.15) is 5.75 Å². The second-order valence-electron chi connectivity index (χ2n) is 14.2. The van der Waals surface area contributed by atoms with Gasteiger partial charge in [0.25, 0.3) is 0 Å². The van der Waals surface area contributed by atoms with Gasteiger partial charge in [-0.15, -0.1) is 0 Å². The summed E-state index contributed by atoms with van der Waals surface area (Å²) in [6.45, 7) is 0. The molecule has 0 spiro atoms. The number of hydrogen-bond donors (Lipinski definition) is 1. The Hall–Kier alpha value is -7.30. The third kappa shape index (κ3) is 5.22. The molecule has 0 fully saturated rings. The van der Waals surface area contributed by atoms with Crippen LogP contribution in [0.25, 0.3) is 60.2 Å². The van der Waals surface area contributed by atoms with E-state index in [1.165, 1.54) is 49.1 Å². The zero-order valence-electron chi connectivity index (χ0n) is 29.9. The van der Waals surface area contributed by atoms with Crippen molar-refractivity contribution >= 4 is 66.1 Å². The van der Waals surface area contributed by atoms with Crippen molar-refractivity contribution in [3.8, 4) is 22.6 Å². The van der Waals surface area contributed by atoms with Gasteiger partial charge in [-0.3, -0.25) is 0 Å². The number of nitrogens with zero attached hydrogens (tertiary/aromatic N) is 2. The van der Waals surface area contributed by atoms with Gasteiger partial charge in [-0.25, -0.2) is 0 Å². The molecule has 55 heavy (non-hydrogen) atoms. The largest absolute Gasteiger partial charge is 0.464 e. The highest BCUT2D eigenvalue weighted by atomic mass is 16.5. The van der Waals surface area contributed by atoms with E-state index in [4.69, 9.17) is 4.74 Å². The Morgan fingerprint density at radius 1 is 0.455 bits per heavy atom. The average Bonchev–Trinajstić information content (AvgIpc) is 3.85. The Kier molecular flexibility index (Phi) is 7.20. The smallest absolute Gasteiger partial charge is 0.196 e. The first-order valence-corrected chi connectivity index (χ1v) is 18.8. The molecule has 0 saturated heterocycles. The Bertz CT molecular complexity index is 3030. The minimum Gasteiger partial charge on any atom is -0.464 e. The number of rotatable bonds is 6. The maximum atomic E-state index is 6.50. The third-order valence-electron chi connectivity index (χ3n) is 11.0. The van der Waals surface area contributed by atoms with Crippen molar-refractivity contribution in [2.75, 3.05) is 10.2 Å². The molecule has 10 aromatic rings.